The Bertz CT molecular complexity index is 846. The molecule has 0 saturated heterocycles. The van der Waals surface area contributed by atoms with Crippen molar-refractivity contribution in [3.8, 4) is 5.69 Å². The first-order valence-electron chi connectivity index (χ1n) is 7.09. The number of aromatic nitrogens is 2. The van der Waals surface area contributed by atoms with E-state index in [1.165, 1.54) is 12.1 Å². The molecule has 1 aromatic heterocycles. The summed E-state index contributed by atoms with van der Waals surface area (Å²) in [7, 11) is 0. The summed E-state index contributed by atoms with van der Waals surface area (Å²) in [4.78, 5) is 22.8. The molecule has 3 N–H and O–H groups in total. The van der Waals surface area contributed by atoms with Crippen LogP contribution in [0.5, 0.6) is 0 Å². The molecule has 140 valence electrons. The predicted molar refractivity (Wildman–Crippen MR) is 79.1 cm³/mol. The molecule has 1 aromatic carbocycles. The number of nitrogens with one attached hydrogen (secondary N) is 1. The summed E-state index contributed by atoms with van der Waals surface area (Å²) in [5.74, 6) is -3.97. The van der Waals surface area contributed by atoms with Gasteiger partial charge in [0.15, 0.2) is 11.3 Å². The lowest BCUT2D eigenvalue weighted by molar-refractivity contribution is -0.155. The van der Waals surface area contributed by atoms with Gasteiger partial charge in [-0.2, -0.15) is 18.3 Å². The van der Waals surface area contributed by atoms with E-state index in [0.29, 0.717) is 6.20 Å². The molecule has 0 fully saturated rings. The average Bonchev–Trinajstić information content (AvgIpc) is 2.98. The number of halogens is 4. The maximum absolute atomic E-state index is 13.8. The van der Waals surface area contributed by atoms with Gasteiger partial charge in [-0.05, 0) is 19.1 Å². The Hall–Kier alpha value is -2.95. The van der Waals surface area contributed by atoms with Gasteiger partial charge in [0.1, 0.15) is 11.5 Å². The van der Waals surface area contributed by atoms with Crippen LogP contribution in [0.4, 0.5) is 17.6 Å². The molecule has 0 aliphatic heterocycles. The number of carbonyl (C=O) groups is 2. The molecular formula is C15H13F4N3O4. The number of alkyl halides is 3. The minimum absolute atomic E-state index is 0.236. The Labute approximate surface area is 143 Å². The Balaban J connectivity index is 2.43. The van der Waals surface area contributed by atoms with E-state index in [9.17, 15) is 32.3 Å². The molecule has 11 heteroatoms. The molecule has 1 atom stereocenters. The monoisotopic (exact) mass is 375 g/mol. The van der Waals surface area contributed by atoms with Crippen LogP contribution in [0, 0.1) is 5.82 Å². The molecule has 1 heterocycles. The largest absolute Gasteiger partial charge is 0.479 e. The molecule has 0 aliphatic carbocycles. The van der Waals surface area contributed by atoms with E-state index in [1.807, 2.05) is 5.32 Å². The van der Waals surface area contributed by atoms with Crippen molar-refractivity contribution in [3.05, 3.63) is 47.5 Å². The molecule has 7 nitrogen and oxygen atoms in total. The third-order valence-electron chi connectivity index (χ3n) is 3.42. The second kappa shape index (κ2) is 6.75. The van der Waals surface area contributed by atoms with E-state index in [2.05, 4.69) is 5.10 Å². The second-order valence-electron chi connectivity index (χ2n) is 5.53. The number of rotatable bonds is 5. The van der Waals surface area contributed by atoms with Crippen LogP contribution in [0.1, 0.15) is 23.0 Å². The lowest BCUT2D eigenvalue weighted by Gasteiger charge is -2.18. The fraction of sp³-hybridized carbons (Fsp3) is 0.267. The maximum atomic E-state index is 13.8. The van der Waals surface area contributed by atoms with Crippen LogP contribution in [0.15, 0.2) is 30.5 Å². The summed E-state index contributed by atoms with van der Waals surface area (Å²) >= 11 is 0. The summed E-state index contributed by atoms with van der Waals surface area (Å²) in [6.07, 6.45) is -4.47. The highest BCUT2D eigenvalue weighted by Gasteiger charge is 2.41. The van der Waals surface area contributed by atoms with Gasteiger partial charge in [-0.25, -0.2) is 13.9 Å². The molecule has 0 spiro atoms. The van der Waals surface area contributed by atoms with E-state index in [0.717, 1.165) is 19.1 Å². The van der Waals surface area contributed by atoms with Gasteiger partial charge in [0, 0.05) is 0 Å². The van der Waals surface area contributed by atoms with Gasteiger partial charge in [0.05, 0.1) is 18.3 Å². The van der Waals surface area contributed by atoms with Crippen molar-refractivity contribution in [2.24, 2.45) is 0 Å². The number of benzene rings is 1. The van der Waals surface area contributed by atoms with Gasteiger partial charge in [0.25, 0.3) is 5.91 Å². The molecule has 0 bridgehead atoms. The molecular weight excluding hydrogens is 362 g/mol. The Morgan fingerprint density at radius 2 is 1.88 bits per heavy atom. The topological polar surface area (TPSA) is 104 Å². The molecule has 1 amide bonds. The van der Waals surface area contributed by atoms with Crippen LogP contribution in [-0.2, 0) is 11.0 Å². The first-order valence-corrected chi connectivity index (χ1v) is 7.09. The Morgan fingerprint density at radius 3 is 2.42 bits per heavy atom. The van der Waals surface area contributed by atoms with Crippen LogP contribution < -0.4 is 5.32 Å². The summed E-state index contributed by atoms with van der Waals surface area (Å²) in [5.41, 5.74) is -5.37. The SMILES string of the molecule is CC(O)(CNC(=O)c1cnn(-c2ccccc2F)c1C(F)(F)F)C(=O)O. The number of hydrogen-bond donors (Lipinski definition) is 3. The van der Waals surface area contributed by atoms with Crippen LogP contribution >= 0.6 is 0 Å². The number of carboxylic acids is 1. The van der Waals surface area contributed by atoms with E-state index in [-0.39, 0.29) is 4.68 Å². The maximum Gasteiger partial charge on any atom is 0.434 e. The van der Waals surface area contributed by atoms with E-state index in [4.69, 9.17) is 5.11 Å². The van der Waals surface area contributed by atoms with Gasteiger partial charge in [-0.3, -0.25) is 4.79 Å². The van der Waals surface area contributed by atoms with Gasteiger partial charge in [-0.1, -0.05) is 12.1 Å². The number of amides is 1. The molecule has 2 aromatic rings. The van der Waals surface area contributed by atoms with Gasteiger partial charge in [0.2, 0.25) is 0 Å². The molecule has 0 radical (unpaired) electrons. The Morgan fingerprint density at radius 1 is 1.27 bits per heavy atom. The minimum Gasteiger partial charge on any atom is -0.479 e. The smallest absolute Gasteiger partial charge is 0.434 e. The van der Waals surface area contributed by atoms with E-state index >= 15 is 0 Å². The Kier molecular flexibility index (Phi) is 5.03. The number of para-hydroxylation sites is 1. The van der Waals surface area contributed by atoms with Crippen molar-refractivity contribution in [2.75, 3.05) is 6.54 Å². The standard InChI is InChI=1S/C15H13F4N3O4/c1-14(26,13(24)25)7-20-12(23)8-6-21-22(11(8)15(17,18)19)10-5-3-2-4-9(10)16/h2-6,26H,7H2,1H3,(H,20,23)(H,24,25). The van der Waals surface area contributed by atoms with Gasteiger partial charge < -0.3 is 15.5 Å². The fourth-order valence-corrected chi connectivity index (χ4v) is 2.02. The third kappa shape index (κ3) is 3.82. The van der Waals surface area contributed by atoms with Crippen LogP contribution in [-0.4, -0.2) is 44.0 Å². The highest BCUT2D eigenvalue weighted by atomic mass is 19.4. The van der Waals surface area contributed by atoms with Crippen LogP contribution in [0.2, 0.25) is 0 Å². The number of nitrogens with zero attached hydrogens (tertiary/aromatic N) is 2. The van der Waals surface area contributed by atoms with Gasteiger partial charge in [-0.15, -0.1) is 0 Å². The average molecular weight is 375 g/mol. The van der Waals surface area contributed by atoms with Crippen LogP contribution in [0.3, 0.4) is 0 Å². The zero-order chi connectivity index (χ0) is 19.7. The number of aliphatic carboxylic acids is 1. The number of carboxylic acid groups (broad SMARTS) is 1. The number of aliphatic hydroxyl groups is 1. The molecule has 0 saturated carbocycles. The molecule has 0 aliphatic rings. The van der Waals surface area contributed by atoms with Crippen molar-refractivity contribution in [1.82, 2.24) is 15.1 Å². The first-order chi connectivity index (χ1) is 11.9. The van der Waals surface area contributed by atoms with E-state index < -0.39 is 53.0 Å². The van der Waals surface area contributed by atoms with Crippen molar-refractivity contribution >= 4 is 11.9 Å². The number of hydrogen-bond acceptors (Lipinski definition) is 4. The van der Waals surface area contributed by atoms with Gasteiger partial charge >= 0.3 is 12.1 Å². The van der Waals surface area contributed by atoms with Crippen LogP contribution in [0.25, 0.3) is 5.69 Å². The first kappa shape index (κ1) is 19.4. The second-order valence-corrected chi connectivity index (χ2v) is 5.53. The molecule has 1 unspecified atom stereocenters. The highest BCUT2D eigenvalue weighted by Crippen LogP contribution is 2.34. The van der Waals surface area contributed by atoms with Crippen molar-refractivity contribution < 1.29 is 37.4 Å². The molecule has 2 rings (SSSR count). The molecule has 26 heavy (non-hydrogen) atoms. The zero-order valence-corrected chi connectivity index (χ0v) is 13.2. The highest BCUT2D eigenvalue weighted by molar-refractivity contribution is 5.96. The van der Waals surface area contributed by atoms with E-state index in [1.54, 1.807) is 0 Å². The van der Waals surface area contributed by atoms with Crippen molar-refractivity contribution in [3.63, 3.8) is 0 Å². The third-order valence-corrected chi connectivity index (χ3v) is 3.42. The number of carbonyl (C=O) groups excluding carboxylic acids is 1. The fourth-order valence-electron chi connectivity index (χ4n) is 2.02. The minimum atomic E-state index is -5.05. The predicted octanol–water partition coefficient (Wildman–Crippen LogP) is 1.60. The van der Waals surface area contributed by atoms with Crippen molar-refractivity contribution in [2.45, 2.75) is 18.7 Å². The van der Waals surface area contributed by atoms with Crippen molar-refractivity contribution in [1.29, 1.82) is 0 Å². The zero-order valence-electron chi connectivity index (χ0n) is 13.2. The quantitative estimate of drug-likeness (QED) is 0.689. The lowest BCUT2D eigenvalue weighted by atomic mass is 10.1. The summed E-state index contributed by atoms with van der Waals surface area (Å²) in [6, 6.07) is 4.55. The summed E-state index contributed by atoms with van der Waals surface area (Å²) in [5, 5.41) is 23.6. The summed E-state index contributed by atoms with van der Waals surface area (Å²) in [6.45, 7) is 0.0202. The summed E-state index contributed by atoms with van der Waals surface area (Å²) < 4.78 is 54.3. The normalized spacial score (nSPS) is 13.9. The lowest BCUT2D eigenvalue weighted by Crippen LogP contribution is -2.46.